The van der Waals surface area contributed by atoms with Crippen LogP contribution in [0.3, 0.4) is 0 Å². The minimum Gasteiger partial charge on any atom is -0.239 e. The number of nitrogens with zero attached hydrogens (tertiary/aromatic N) is 1. The Morgan fingerprint density at radius 3 is 2.17 bits per heavy atom. The molecule has 0 amide bonds. The average molecular weight is 205 g/mol. The van der Waals surface area contributed by atoms with Gasteiger partial charge in [-0.25, -0.2) is 4.99 Å². The zero-order chi connectivity index (χ0) is 9.14. The molecular weight excluding hydrogens is 202 g/mol. The number of dihydropyridines is 1. The van der Waals surface area contributed by atoms with E-state index in [1.54, 1.807) is 0 Å². The van der Waals surface area contributed by atoms with Gasteiger partial charge in [0.25, 0.3) is 0 Å². The van der Waals surface area contributed by atoms with Gasteiger partial charge in [0, 0.05) is 6.21 Å². The molecule has 0 atom stereocenters. The Kier molecular flexibility index (Phi) is 2.56. The van der Waals surface area contributed by atoms with Gasteiger partial charge in [-0.15, -0.1) is 0 Å². The Labute approximate surface area is 71.1 Å². The molecule has 0 unspecified atom stereocenters. The molecule has 0 radical (unpaired) electrons. The number of aliphatic imine (C=N–C) groups is 1. The second kappa shape index (κ2) is 3.46. The van der Waals surface area contributed by atoms with Crippen LogP contribution in [0, 0.1) is 0 Å². The summed E-state index contributed by atoms with van der Waals surface area (Å²) in [7, 11) is -5.18. The van der Waals surface area contributed by atoms with Gasteiger partial charge in [0.1, 0.15) is 4.86 Å². The second-order valence-electron chi connectivity index (χ2n) is 1.78. The van der Waals surface area contributed by atoms with Crippen LogP contribution in [-0.2, 0) is 20.6 Å². The first-order valence-electron chi connectivity index (χ1n) is 2.76. The molecule has 0 aliphatic carbocycles. The Bertz CT molecular complexity index is 452. The van der Waals surface area contributed by atoms with Crippen LogP contribution in [0.2, 0.25) is 0 Å². The highest BCUT2D eigenvalue weighted by Crippen LogP contribution is 1.90. The van der Waals surface area contributed by atoms with Crippen LogP contribution in [0.5, 0.6) is 0 Å². The lowest BCUT2D eigenvalue weighted by molar-refractivity contribution is 0.625. The molecule has 12 heavy (non-hydrogen) atoms. The molecule has 1 aliphatic rings. The third-order valence-electron chi connectivity index (χ3n) is 1.07. The maximum absolute atomic E-state index is 10.4. The highest BCUT2D eigenvalue weighted by atomic mass is 32.2. The van der Waals surface area contributed by atoms with Crippen LogP contribution in [-0.4, -0.2) is 32.9 Å². The molecule has 0 aromatic heterocycles. The van der Waals surface area contributed by atoms with E-state index in [-0.39, 0.29) is 4.86 Å². The monoisotopic (exact) mass is 205 g/mol. The topological polar surface area (TPSA) is 80.6 Å². The van der Waals surface area contributed by atoms with Crippen molar-refractivity contribution in [2.75, 3.05) is 0 Å². The lowest BCUT2D eigenvalue weighted by atomic mass is 10.3. The molecule has 0 saturated heterocycles. The summed E-state index contributed by atoms with van der Waals surface area (Å²) in [6, 6.07) is 0. The van der Waals surface area contributed by atoms with Gasteiger partial charge in [-0.3, -0.25) is 0 Å². The van der Waals surface area contributed by atoms with Crippen LogP contribution < -0.4 is 0 Å². The summed E-state index contributed by atoms with van der Waals surface area (Å²) in [5.74, 6) is 0. The maximum atomic E-state index is 10.4. The van der Waals surface area contributed by atoms with Gasteiger partial charge in [0.15, 0.2) is 0 Å². The third kappa shape index (κ3) is 1.69. The molecule has 0 spiro atoms. The van der Waals surface area contributed by atoms with Gasteiger partial charge >= 0.3 is 0 Å². The van der Waals surface area contributed by atoms with E-state index in [0.717, 1.165) is 0 Å². The molecule has 1 aliphatic heterocycles. The summed E-state index contributed by atoms with van der Waals surface area (Å²) in [5.41, 5.74) is 0. The van der Waals surface area contributed by atoms with Crippen LogP contribution in [0.1, 0.15) is 0 Å². The molecule has 7 heteroatoms. The van der Waals surface area contributed by atoms with Gasteiger partial charge in [0.2, 0.25) is 25.6 Å². The van der Waals surface area contributed by atoms with Crippen molar-refractivity contribution >= 4 is 36.7 Å². The van der Waals surface area contributed by atoms with Crippen molar-refractivity contribution in [3.8, 4) is 0 Å². The van der Waals surface area contributed by atoms with E-state index in [0.29, 0.717) is 0 Å². The van der Waals surface area contributed by atoms with E-state index >= 15 is 0 Å². The van der Waals surface area contributed by atoms with Gasteiger partial charge < -0.3 is 0 Å². The molecule has 0 aromatic rings. The van der Waals surface area contributed by atoms with Gasteiger partial charge in [-0.1, -0.05) is 0 Å². The van der Waals surface area contributed by atoms with Crippen molar-refractivity contribution in [1.82, 2.24) is 0 Å². The van der Waals surface area contributed by atoms with Crippen molar-refractivity contribution in [2.45, 2.75) is 0 Å². The van der Waals surface area contributed by atoms with E-state index in [1.807, 2.05) is 0 Å². The molecule has 0 bridgehead atoms. The fourth-order valence-electron chi connectivity index (χ4n) is 0.628. The SMILES string of the molecule is O=S(=O)=C1C=CC=NC1=S(=O)=O. The first-order chi connectivity index (χ1) is 5.63. The van der Waals surface area contributed by atoms with Crippen molar-refractivity contribution in [2.24, 2.45) is 4.99 Å². The third-order valence-corrected chi connectivity index (χ3v) is 2.53. The predicted octanol–water partition coefficient (Wildman–Crippen LogP) is -1.31. The van der Waals surface area contributed by atoms with Crippen LogP contribution >= 0.6 is 0 Å². The highest BCUT2D eigenvalue weighted by Gasteiger charge is 2.10. The molecule has 1 rings (SSSR count). The zero-order valence-corrected chi connectivity index (χ0v) is 7.26. The standard InChI is InChI=1S/C5H3NO4S2/c7-11(8)4-2-1-3-6-5(4)12(9)10/h1-3H. The molecule has 64 valence electrons. The van der Waals surface area contributed by atoms with Gasteiger partial charge in [0.05, 0.1) is 0 Å². The van der Waals surface area contributed by atoms with E-state index in [9.17, 15) is 16.8 Å². The van der Waals surface area contributed by atoms with E-state index in [1.165, 1.54) is 18.4 Å². The van der Waals surface area contributed by atoms with E-state index < -0.39 is 25.6 Å². The quantitative estimate of drug-likeness (QED) is 0.460. The lowest BCUT2D eigenvalue weighted by Crippen LogP contribution is -2.14. The molecule has 0 fully saturated rings. The fourth-order valence-corrected chi connectivity index (χ4v) is 1.80. The highest BCUT2D eigenvalue weighted by molar-refractivity contribution is 7.82. The van der Waals surface area contributed by atoms with Crippen molar-refractivity contribution in [3.05, 3.63) is 12.2 Å². The largest absolute Gasteiger partial charge is 0.241 e. The van der Waals surface area contributed by atoms with Crippen LogP contribution in [0.4, 0.5) is 0 Å². The lowest BCUT2D eigenvalue weighted by Gasteiger charge is -1.94. The van der Waals surface area contributed by atoms with Crippen molar-refractivity contribution < 1.29 is 16.8 Å². The summed E-state index contributed by atoms with van der Waals surface area (Å²) in [4.78, 5) is 2.63. The summed E-state index contributed by atoms with van der Waals surface area (Å²) in [5, 5.41) is 0. The predicted molar refractivity (Wildman–Crippen MR) is 45.5 cm³/mol. The van der Waals surface area contributed by atoms with E-state index in [4.69, 9.17) is 0 Å². The number of allylic oxidation sites excluding steroid dienone is 1. The molecule has 5 nitrogen and oxygen atoms in total. The smallest absolute Gasteiger partial charge is 0.239 e. The number of rotatable bonds is 0. The van der Waals surface area contributed by atoms with Crippen LogP contribution in [0.25, 0.3) is 0 Å². The molecule has 1 heterocycles. The van der Waals surface area contributed by atoms with Crippen LogP contribution in [0.15, 0.2) is 17.1 Å². The van der Waals surface area contributed by atoms with Crippen molar-refractivity contribution in [1.29, 1.82) is 0 Å². The van der Waals surface area contributed by atoms with Gasteiger partial charge in [-0.2, -0.15) is 16.8 Å². The Balaban J connectivity index is 3.63. The first-order valence-corrected chi connectivity index (χ1v) is 4.91. The molecule has 0 saturated carbocycles. The number of hydrogen-bond acceptors (Lipinski definition) is 4. The van der Waals surface area contributed by atoms with Gasteiger partial charge in [-0.05, 0) is 12.2 Å². The minimum absolute atomic E-state index is 0.314. The Morgan fingerprint density at radius 2 is 1.75 bits per heavy atom. The molecular formula is C5H3NO4S2. The minimum atomic E-state index is -2.62. The zero-order valence-electron chi connectivity index (χ0n) is 5.63. The first kappa shape index (κ1) is 8.88. The molecule has 0 aromatic carbocycles. The van der Waals surface area contributed by atoms with E-state index in [2.05, 4.69) is 4.99 Å². The summed E-state index contributed by atoms with van der Waals surface area (Å²) < 4.78 is 41.6. The maximum Gasteiger partial charge on any atom is 0.241 e. The fraction of sp³-hybridized carbons (Fsp3) is 0. The Hall–Kier alpha value is -1.21. The molecule has 0 N–H and O–H groups in total. The summed E-state index contributed by atoms with van der Waals surface area (Å²) in [6.45, 7) is 0. The second-order valence-corrected chi connectivity index (χ2v) is 3.54. The summed E-state index contributed by atoms with van der Waals surface area (Å²) in [6.07, 6.45) is 3.73. The number of hydrogen-bond donors (Lipinski definition) is 0. The average Bonchev–Trinajstić information content (AvgIpc) is 2.04. The Morgan fingerprint density at radius 1 is 1.08 bits per heavy atom. The normalized spacial score (nSPS) is 15.0. The summed E-state index contributed by atoms with van der Waals surface area (Å²) >= 11 is 0. The van der Waals surface area contributed by atoms with Crippen molar-refractivity contribution in [3.63, 3.8) is 0 Å².